The first kappa shape index (κ1) is 22.2. The quantitative estimate of drug-likeness (QED) is 0.329. The molecule has 25 heavy (non-hydrogen) atoms. The number of fused-ring (bicyclic) bond motifs is 1. The van der Waals surface area contributed by atoms with Crippen LogP contribution in [-0.4, -0.2) is 63.5 Å². The number of piperazine rings is 1. The fraction of sp³-hybridized carbons (Fsp3) is 0.722. The molecule has 0 aromatic carbocycles. The smallest absolute Gasteiger partial charge is 0.0947 e. The van der Waals surface area contributed by atoms with Gasteiger partial charge in [-0.25, -0.2) is 8.51 Å². The second kappa shape index (κ2) is 11.7. The van der Waals surface area contributed by atoms with Gasteiger partial charge in [0, 0.05) is 61.7 Å². The number of allylic oxidation sites excluding steroid dienone is 4. The third-order valence-corrected chi connectivity index (χ3v) is 5.96. The van der Waals surface area contributed by atoms with Crippen molar-refractivity contribution < 1.29 is 4.21 Å². The zero-order chi connectivity index (χ0) is 18.8. The van der Waals surface area contributed by atoms with Crippen molar-refractivity contribution in [1.82, 2.24) is 14.6 Å². The Labute approximate surface area is 160 Å². The third-order valence-electron chi connectivity index (χ3n) is 4.22. The van der Waals surface area contributed by atoms with Crippen LogP contribution >= 0.6 is 11.6 Å². The molecule has 2 aliphatic heterocycles. The Balaban J connectivity index is 0.00000151. The van der Waals surface area contributed by atoms with Crippen LogP contribution in [-0.2, 0) is 11.0 Å². The highest BCUT2D eigenvalue weighted by Gasteiger charge is 2.35. The summed E-state index contributed by atoms with van der Waals surface area (Å²) in [5.41, 5.74) is 4.03. The van der Waals surface area contributed by atoms with Crippen molar-refractivity contribution in [2.75, 3.05) is 32.4 Å². The highest BCUT2D eigenvalue weighted by Crippen LogP contribution is 2.24. The zero-order valence-electron chi connectivity index (χ0n) is 16.1. The van der Waals surface area contributed by atoms with E-state index >= 15 is 0 Å². The summed E-state index contributed by atoms with van der Waals surface area (Å²) in [5, 5.41) is 4.14. The summed E-state index contributed by atoms with van der Waals surface area (Å²) in [7, 11) is 1.03. The zero-order valence-corrected chi connectivity index (χ0v) is 17.7. The van der Waals surface area contributed by atoms with Crippen LogP contribution in [0, 0.1) is 5.92 Å². The van der Waals surface area contributed by atoms with Gasteiger partial charge in [0.05, 0.1) is 11.0 Å². The van der Waals surface area contributed by atoms with Crippen LogP contribution in [0.3, 0.4) is 0 Å². The normalized spacial score (nSPS) is 27.1. The van der Waals surface area contributed by atoms with Crippen molar-refractivity contribution >= 4 is 28.8 Å². The minimum absolute atomic E-state index is 0.00575. The van der Waals surface area contributed by atoms with E-state index in [0.29, 0.717) is 6.04 Å². The Kier molecular flexibility index (Phi) is 10.4. The van der Waals surface area contributed by atoms with E-state index in [1.54, 1.807) is 7.05 Å². The fourth-order valence-electron chi connectivity index (χ4n) is 2.99. The first-order chi connectivity index (χ1) is 12.0. The summed E-state index contributed by atoms with van der Waals surface area (Å²) in [6.07, 6.45) is 9.17. The molecule has 0 amide bonds. The van der Waals surface area contributed by atoms with Crippen LogP contribution in [0.5, 0.6) is 0 Å². The molecule has 0 aliphatic carbocycles. The average Bonchev–Trinajstić information content (AvgIpc) is 2.99. The molecule has 2 aliphatic rings. The molecule has 0 radical (unpaired) electrons. The molecule has 0 aromatic rings. The minimum Gasteiger partial charge on any atom is -0.372 e. The molecule has 7 heteroatoms. The largest absolute Gasteiger partial charge is 0.372 e. The maximum atomic E-state index is 11.9. The van der Waals surface area contributed by atoms with Gasteiger partial charge in [-0.2, -0.15) is 5.10 Å². The highest BCUT2D eigenvalue weighted by atomic mass is 35.5. The van der Waals surface area contributed by atoms with Crippen molar-refractivity contribution in [2.45, 2.75) is 45.5 Å². The van der Waals surface area contributed by atoms with Gasteiger partial charge in [0.2, 0.25) is 0 Å². The molecule has 2 saturated heterocycles. The Hall–Kier alpha value is -0.850. The molecule has 1 N–H and O–H groups in total. The van der Waals surface area contributed by atoms with Gasteiger partial charge in [-0.3, -0.25) is 0 Å². The number of hydrogen-bond donors (Lipinski definition) is 1. The number of nitrogens with one attached hydrogen (secondary N) is 1. The van der Waals surface area contributed by atoms with Gasteiger partial charge < -0.3 is 10.3 Å². The van der Waals surface area contributed by atoms with Gasteiger partial charge >= 0.3 is 0 Å². The summed E-state index contributed by atoms with van der Waals surface area (Å²) in [6.45, 7) is 10.8. The van der Waals surface area contributed by atoms with E-state index in [0.717, 1.165) is 31.8 Å². The molecule has 2 heterocycles. The average molecular weight is 389 g/mol. The monoisotopic (exact) mass is 388 g/mol. The highest BCUT2D eigenvalue weighted by molar-refractivity contribution is 7.82. The Morgan fingerprint density at radius 1 is 1.36 bits per heavy atom. The van der Waals surface area contributed by atoms with Crippen molar-refractivity contribution in [3.63, 3.8) is 0 Å². The van der Waals surface area contributed by atoms with E-state index in [1.807, 2.05) is 33.1 Å². The first-order valence-corrected chi connectivity index (χ1v) is 10.8. The lowest BCUT2D eigenvalue weighted by atomic mass is 10.1. The number of alkyl halides is 1. The third kappa shape index (κ3) is 7.12. The van der Waals surface area contributed by atoms with Gasteiger partial charge in [-0.1, -0.05) is 32.1 Å². The van der Waals surface area contributed by atoms with E-state index < -0.39 is 11.0 Å². The van der Waals surface area contributed by atoms with E-state index in [4.69, 9.17) is 11.6 Å². The molecule has 4 atom stereocenters. The van der Waals surface area contributed by atoms with Gasteiger partial charge in [0.15, 0.2) is 0 Å². The molecule has 0 bridgehead atoms. The standard InChI is InChI=1S/C16H27ClN4OS.C2H6/c1-13(17)4-5-15(11-19-18-3)10-14(2)20-7-8-21-16(12-20)6-9-23(21)22;1-2/h4-5,10-11,13,15-16,18H,6-9,12H2,1-3H3;1-2H3/b5-4-,14-10?,19-11-;. The van der Waals surface area contributed by atoms with Crippen molar-refractivity contribution in [2.24, 2.45) is 11.0 Å². The van der Waals surface area contributed by atoms with Gasteiger partial charge in [0.25, 0.3) is 0 Å². The van der Waals surface area contributed by atoms with Crippen molar-refractivity contribution in [3.05, 3.63) is 23.9 Å². The molecular weight excluding hydrogens is 356 g/mol. The van der Waals surface area contributed by atoms with Crippen molar-refractivity contribution in [1.29, 1.82) is 0 Å². The molecule has 0 saturated carbocycles. The number of rotatable bonds is 6. The molecule has 5 nitrogen and oxygen atoms in total. The molecular formula is C18H33ClN4OS. The van der Waals surface area contributed by atoms with Gasteiger partial charge in [-0.15, -0.1) is 11.6 Å². The predicted molar refractivity (Wildman–Crippen MR) is 110 cm³/mol. The lowest BCUT2D eigenvalue weighted by Crippen LogP contribution is -2.49. The van der Waals surface area contributed by atoms with Crippen molar-refractivity contribution in [3.8, 4) is 0 Å². The summed E-state index contributed by atoms with van der Waals surface area (Å²) in [5.74, 6) is 0.925. The van der Waals surface area contributed by atoms with E-state index in [-0.39, 0.29) is 11.3 Å². The van der Waals surface area contributed by atoms with Crippen LogP contribution in [0.2, 0.25) is 0 Å². The first-order valence-electron chi connectivity index (χ1n) is 9.12. The molecule has 4 unspecified atom stereocenters. The van der Waals surface area contributed by atoms with E-state index in [2.05, 4.69) is 38.8 Å². The van der Waals surface area contributed by atoms with E-state index in [9.17, 15) is 4.21 Å². The molecule has 144 valence electrons. The predicted octanol–water partition coefficient (Wildman–Crippen LogP) is 2.97. The van der Waals surface area contributed by atoms with Crippen LogP contribution in [0.15, 0.2) is 29.0 Å². The number of halogens is 1. The summed E-state index contributed by atoms with van der Waals surface area (Å²) in [6, 6.07) is 0.427. The SMILES string of the molecule is CC.CN/N=C\C(C=C(C)N1CCN2C(CCS2=O)C1)/C=C\C(C)Cl. The summed E-state index contributed by atoms with van der Waals surface area (Å²) >= 11 is 6.00. The number of nitrogens with zero attached hydrogens (tertiary/aromatic N) is 3. The molecule has 2 rings (SSSR count). The van der Waals surface area contributed by atoms with Crippen LogP contribution < -0.4 is 5.43 Å². The van der Waals surface area contributed by atoms with Crippen LogP contribution in [0.4, 0.5) is 0 Å². The lowest BCUT2D eigenvalue weighted by molar-refractivity contribution is 0.180. The number of hydrogen-bond acceptors (Lipinski definition) is 4. The fourth-order valence-corrected chi connectivity index (χ4v) is 4.57. The minimum atomic E-state index is -0.759. The number of hydrazone groups is 1. The van der Waals surface area contributed by atoms with Crippen LogP contribution in [0.25, 0.3) is 0 Å². The Morgan fingerprint density at radius 2 is 2.08 bits per heavy atom. The summed E-state index contributed by atoms with van der Waals surface area (Å²) < 4.78 is 14.0. The summed E-state index contributed by atoms with van der Waals surface area (Å²) in [4.78, 5) is 2.39. The van der Waals surface area contributed by atoms with Crippen LogP contribution in [0.1, 0.15) is 34.1 Å². The Morgan fingerprint density at radius 3 is 2.72 bits per heavy atom. The molecule has 0 aromatic heterocycles. The van der Waals surface area contributed by atoms with E-state index in [1.165, 1.54) is 5.70 Å². The second-order valence-electron chi connectivity index (χ2n) is 6.00. The Bertz CT molecular complexity index is 507. The van der Waals surface area contributed by atoms with Gasteiger partial charge in [-0.05, 0) is 20.3 Å². The molecule has 0 spiro atoms. The maximum absolute atomic E-state index is 11.9. The lowest BCUT2D eigenvalue weighted by Gasteiger charge is -2.38. The topological polar surface area (TPSA) is 47.9 Å². The van der Waals surface area contributed by atoms with Gasteiger partial charge in [0.1, 0.15) is 0 Å². The second-order valence-corrected chi connectivity index (χ2v) is 8.21. The molecule has 2 fully saturated rings. The maximum Gasteiger partial charge on any atom is 0.0947 e.